The zero-order valence-corrected chi connectivity index (χ0v) is 20.0. The summed E-state index contributed by atoms with van der Waals surface area (Å²) in [6.07, 6.45) is 1.45. The molecule has 30 heavy (non-hydrogen) atoms. The van der Waals surface area contributed by atoms with Crippen molar-refractivity contribution in [2.45, 2.75) is 85.0 Å². The highest BCUT2D eigenvalue weighted by atomic mass is 32.1. The number of benzene rings is 1. The van der Waals surface area contributed by atoms with E-state index in [1.54, 1.807) is 17.4 Å². The van der Waals surface area contributed by atoms with Crippen LogP contribution in [0.2, 0.25) is 0 Å². The highest BCUT2D eigenvalue weighted by Gasteiger charge is 2.39. The molecule has 7 heteroatoms. The van der Waals surface area contributed by atoms with E-state index in [2.05, 4.69) is 30.7 Å². The molecule has 5 nitrogen and oxygen atoms in total. The molecule has 3 rings (SSSR count). The molecule has 1 aliphatic heterocycles. The SMILES string of the molecule is CC[C@H]1CN(C(C)c2cc3sc(C)nc3cc2F)[C@H](CC)CN1C(=O)OC(C)(C)C. The topological polar surface area (TPSA) is 45.7 Å². The Bertz CT molecular complexity index is 908. The lowest BCUT2D eigenvalue weighted by Gasteiger charge is -2.48. The first-order valence-electron chi connectivity index (χ1n) is 10.9. The number of nitrogens with zero attached hydrogens (tertiary/aromatic N) is 3. The summed E-state index contributed by atoms with van der Waals surface area (Å²) < 4.78 is 21.7. The van der Waals surface area contributed by atoms with Gasteiger partial charge in [-0.2, -0.15) is 0 Å². The van der Waals surface area contributed by atoms with Gasteiger partial charge < -0.3 is 9.64 Å². The first-order chi connectivity index (χ1) is 14.0. The number of thiazole rings is 1. The van der Waals surface area contributed by atoms with Crippen molar-refractivity contribution in [3.63, 3.8) is 0 Å². The summed E-state index contributed by atoms with van der Waals surface area (Å²) >= 11 is 1.59. The molecule has 0 bridgehead atoms. The van der Waals surface area contributed by atoms with Crippen LogP contribution in [0.15, 0.2) is 12.1 Å². The maximum atomic E-state index is 15.0. The number of piperazine rings is 1. The number of hydrogen-bond donors (Lipinski definition) is 0. The van der Waals surface area contributed by atoms with E-state index in [0.717, 1.165) is 28.1 Å². The second-order valence-electron chi connectivity index (χ2n) is 9.20. The third kappa shape index (κ3) is 4.78. The molecule has 0 radical (unpaired) electrons. The van der Waals surface area contributed by atoms with Crippen molar-refractivity contribution in [2.75, 3.05) is 13.1 Å². The molecule has 3 atom stereocenters. The maximum Gasteiger partial charge on any atom is 0.410 e. The van der Waals surface area contributed by atoms with Gasteiger partial charge in [-0.3, -0.25) is 4.90 Å². The predicted octanol–water partition coefficient (Wildman–Crippen LogP) is 5.91. The highest BCUT2D eigenvalue weighted by Crippen LogP contribution is 2.34. The molecule has 1 aromatic carbocycles. The fourth-order valence-corrected chi connectivity index (χ4v) is 5.14. The van der Waals surface area contributed by atoms with Gasteiger partial charge in [0.1, 0.15) is 11.4 Å². The van der Waals surface area contributed by atoms with Gasteiger partial charge in [0.25, 0.3) is 0 Å². The largest absolute Gasteiger partial charge is 0.444 e. The van der Waals surface area contributed by atoms with Crippen molar-refractivity contribution < 1.29 is 13.9 Å². The Kier molecular flexibility index (Phi) is 6.72. The third-order valence-electron chi connectivity index (χ3n) is 5.87. The maximum absolute atomic E-state index is 15.0. The van der Waals surface area contributed by atoms with Crippen molar-refractivity contribution in [3.05, 3.63) is 28.5 Å². The van der Waals surface area contributed by atoms with Gasteiger partial charge in [-0.1, -0.05) is 13.8 Å². The zero-order valence-electron chi connectivity index (χ0n) is 19.2. The van der Waals surface area contributed by atoms with E-state index in [1.165, 1.54) is 0 Å². The van der Waals surface area contributed by atoms with Crippen LogP contribution in [0.4, 0.5) is 9.18 Å². The quantitative estimate of drug-likeness (QED) is 0.598. The molecule has 1 unspecified atom stereocenters. The van der Waals surface area contributed by atoms with Crippen LogP contribution in [0.25, 0.3) is 10.2 Å². The summed E-state index contributed by atoms with van der Waals surface area (Å²) in [6, 6.07) is 3.61. The van der Waals surface area contributed by atoms with Crippen molar-refractivity contribution in [1.82, 2.24) is 14.8 Å². The number of carbonyl (C=O) groups excluding carboxylic acids is 1. The lowest BCUT2D eigenvalue weighted by atomic mass is 9.97. The molecular formula is C23H34FN3O2S. The van der Waals surface area contributed by atoms with Crippen LogP contribution in [-0.2, 0) is 4.74 Å². The summed E-state index contributed by atoms with van der Waals surface area (Å²) in [5.74, 6) is -0.210. The standard InChI is InChI=1S/C23H34FN3O2S/c1-8-16-13-27(22(28)29-23(5,6)7)17(9-2)12-26(16)14(3)18-10-21-20(11-19(18)24)25-15(4)30-21/h10-11,14,16-17H,8-9,12-13H2,1-7H3/t14?,16-,17+/m1/s1. The smallest absolute Gasteiger partial charge is 0.410 e. The van der Waals surface area contributed by atoms with E-state index in [9.17, 15) is 9.18 Å². The van der Waals surface area contributed by atoms with E-state index >= 15 is 0 Å². The second kappa shape index (κ2) is 8.79. The molecule has 2 heterocycles. The van der Waals surface area contributed by atoms with Crippen LogP contribution < -0.4 is 0 Å². The number of carbonyl (C=O) groups is 1. The normalized spacial score (nSPS) is 21.8. The molecule has 1 aliphatic rings. The first kappa shape index (κ1) is 22.9. The third-order valence-corrected chi connectivity index (χ3v) is 6.80. The van der Waals surface area contributed by atoms with Gasteiger partial charge >= 0.3 is 6.09 Å². The predicted molar refractivity (Wildman–Crippen MR) is 121 cm³/mol. The summed E-state index contributed by atoms with van der Waals surface area (Å²) in [4.78, 5) is 21.4. The van der Waals surface area contributed by atoms with Gasteiger partial charge in [0, 0.05) is 42.8 Å². The lowest BCUT2D eigenvalue weighted by molar-refractivity contribution is -0.0271. The van der Waals surface area contributed by atoms with Gasteiger partial charge in [-0.25, -0.2) is 14.2 Å². The van der Waals surface area contributed by atoms with Crippen molar-refractivity contribution >= 4 is 27.6 Å². The molecule has 0 aliphatic carbocycles. The van der Waals surface area contributed by atoms with Gasteiger partial charge in [-0.05, 0) is 53.5 Å². The average Bonchev–Trinajstić information content (AvgIpc) is 3.03. The Morgan fingerprint density at radius 2 is 1.93 bits per heavy atom. The van der Waals surface area contributed by atoms with Crippen LogP contribution in [0, 0.1) is 12.7 Å². The minimum atomic E-state index is -0.521. The number of amides is 1. The molecule has 1 amide bonds. The van der Waals surface area contributed by atoms with Gasteiger partial charge in [-0.15, -0.1) is 11.3 Å². The highest BCUT2D eigenvalue weighted by molar-refractivity contribution is 7.18. The minimum Gasteiger partial charge on any atom is -0.444 e. The summed E-state index contributed by atoms with van der Waals surface area (Å²) in [7, 11) is 0. The summed E-state index contributed by atoms with van der Waals surface area (Å²) in [5.41, 5.74) is 0.900. The van der Waals surface area contributed by atoms with Crippen LogP contribution in [0.3, 0.4) is 0 Å². The lowest BCUT2D eigenvalue weighted by Crippen LogP contribution is -2.60. The van der Waals surface area contributed by atoms with Crippen LogP contribution in [-0.4, -0.2) is 51.7 Å². The Balaban J connectivity index is 1.87. The van der Waals surface area contributed by atoms with Crippen molar-refractivity contribution in [3.8, 4) is 0 Å². The van der Waals surface area contributed by atoms with Gasteiger partial charge in [0.15, 0.2) is 0 Å². The van der Waals surface area contributed by atoms with Gasteiger partial charge in [0.2, 0.25) is 0 Å². The van der Waals surface area contributed by atoms with E-state index < -0.39 is 5.60 Å². The summed E-state index contributed by atoms with van der Waals surface area (Å²) in [5, 5.41) is 0.942. The molecule has 1 fully saturated rings. The molecule has 0 spiro atoms. The molecule has 0 saturated carbocycles. The molecule has 1 saturated heterocycles. The van der Waals surface area contributed by atoms with Gasteiger partial charge in [0.05, 0.1) is 15.2 Å². The van der Waals surface area contributed by atoms with E-state index in [1.807, 2.05) is 38.7 Å². The van der Waals surface area contributed by atoms with E-state index in [4.69, 9.17) is 4.74 Å². The number of aryl methyl sites for hydroxylation is 1. The number of ether oxygens (including phenoxy) is 1. The number of halogens is 1. The monoisotopic (exact) mass is 435 g/mol. The Morgan fingerprint density at radius 3 is 2.53 bits per heavy atom. The Hall–Kier alpha value is -1.73. The number of hydrogen-bond acceptors (Lipinski definition) is 5. The fourth-order valence-electron chi connectivity index (χ4n) is 4.28. The fraction of sp³-hybridized carbons (Fsp3) is 0.652. The average molecular weight is 436 g/mol. The Morgan fingerprint density at radius 1 is 1.27 bits per heavy atom. The molecule has 1 aromatic heterocycles. The first-order valence-corrected chi connectivity index (χ1v) is 11.7. The number of fused-ring (bicyclic) bond motifs is 1. The van der Waals surface area contributed by atoms with Crippen LogP contribution in [0.5, 0.6) is 0 Å². The zero-order chi connectivity index (χ0) is 22.2. The van der Waals surface area contributed by atoms with Crippen molar-refractivity contribution in [1.29, 1.82) is 0 Å². The molecule has 2 aromatic rings. The number of aromatic nitrogens is 1. The van der Waals surface area contributed by atoms with Crippen molar-refractivity contribution in [2.24, 2.45) is 0 Å². The van der Waals surface area contributed by atoms with Crippen LogP contribution >= 0.6 is 11.3 Å². The molecular weight excluding hydrogens is 401 g/mol. The second-order valence-corrected chi connectivity index (χ2v) is 10.4. The minimum absolute atomic E-state index is 0.0440. The summed E-state index contributed by atoms with van der Waals surface area (Å²) in [6.45, 7) is 15.2. The van der Waals surface area contributed by atoms with E-state index in [-0.39, 0.29) is 30.0 Å². The Labute approximate surface area is 183 Å². The molecule has 0 N–H and O–H groups in total. The molecule has 166 valence electrons. The van der Waals surface area contributed by atoms with E-state index in [0.29, 0.717) is 18.7 Å². The van der Waals surface area contributed by atoms with Crippen LogP contribution in [0.1, 0.15) is 71.0 Å². The number of rotatable bonds is 4.